The van der Waals surface area contributed by atoms with Crippen LogP contribution in [0.4, 0.5) is 0 Å². The van der Waals surface area contributed by atoms with Crippen molar-refractivity contribution in [2.45, 2.75) is 87.0 Å². The summed E-state index contributed by atoms with van der Waals surface area (Å²) in [6.07, 6.45) is 0.772. The minimum absolute atomic E-state index is 0. The molecule has 7 rings (SSSR count). The second-order valence-corrected chi connectivity index (χ2v) is 19.4. The van der Waals surface area contributed by atoms with Gasteiger partial charge in [0.05, 0.1) is 5.58 Å². The third-order valence-corrected chi connectivity index (χ3v) is 8.93. The number of hydrogen-bond donors (Lipinski definition) is 0. The zero-order chi connectivity index (χ0) is 53.5. The summed E-state index contributed by atoms with van der Waals surface area (Å²) in [6.45, 7) is -1.91. The Labute approximate surface area is 358 Å². The van der Waals surface area contributed by atoms with E-state index in [1.54, 1.807) is 57.3 Å². The third kappa shape index (κ3) is 9.70. The summed E-state index contributed by atoms with van der Waals surface area (Å²) in [4.78, 5) is 8.65. The Balaban J connectivity index is 0.000000336. The van der Waals surface area contributed by atoms with Crippen LogP contribution in [0, 0.1) is 51.8 Å². The van der Waals surface area contributed by atoms with Gasteiger partial charge in [-0.3, -0.25) is 0 Å². The average Bonchev–Trinajstić information content (AvgIpc) is 3.62. The van der Waals surface area contributed by atoms with Gasteiger partial charge in [0.1, 0.15) is 5.58 Å². The number of rotatable bonds is 6. The SMILES string of the molecule is [2H]C([2H])([2H])c1c[c-]c(-c2cc(C([2H])([2H])[Si](C)(C)C)ccn2)cc1.[2H]C([2H])([2H])c1cc(C([2H])([2H])[2H])c2oc3c(-c4cc(-c5ccc(C([2H])([2H])C(C)(C)C)cc5C([2H])([2H])[2H])c(C([2H])([2H])[2H])cn4)[c-]ccc3c2c1.[Ir]. The van der Waals surface area contributed by atoms with Gasteiger partial charge in [-0.15, -0.1) is 53.6 Å². The van der Waals surface area contributed by atoms with E-state index in [9.17, 15) is 0 Å². The predicted molar refractivity (Wildman–Crippen MR) is 224 cm³/mol. The van der Waals surface area contributed by atoms with Crippen LogP contribution in [-0.2, 0) is 32.5 Å². The summed E-state index contributed by atoms with van der Waals surface area (Å²) < 4.78 is 160. The van der Waals surface area contributed by atoms with Crippen molar-refractivity contribution in [3.63, 3.8) is 0 Å². The molecule has 0 spiro atoms. The van der Waals surface area contributed by atoms with E-state index in [4.69, 9.17) is 30.5 Å². The molecule has 0 aliphatic carbocycles. The monoisotopic (exact) mass is 912 g/mol. The van der Waals surface area contributed by atoms with E-state index in [-0.39, 0.29) is 92.4 Å². The van der Waals surface area contributed by atoms with Gasteiger partial charge in [-0.25, -0.2) is 0 Å². The minimum Gasteiger partial charge on any atom is -0.500 e. The Kier molecular flexibility index (Phi) is 6.57. The molecule has 0 unspecified atom stereocenters. The van der Waals surface area contributed by atoms with Gasteiger partial charge in [-0.2, -0.15) is 0 Å². The fraction of sp³-hybridized carbons (Fsp3) is 0.292. The van der Waals surface area contributed by atoms with Crippen LogP contribution in [0.1, 0.15) is 85.8 Å². The second-order valence-electron chi connectivity index (χ2n) is 14.6. The number of fused-ring (bicyclic) bond motifs is 3. The maximum absolute atomic E-state index is 8.71. The first-order chi connectivity index (χ1) is 32.2. The average molecular weight is 912 g/mol. The Bertz CT molecular complexity index is 3100. The molecule has 1 radical (unpaired) electrons. The van der Waals surface area contributed by atoms with E-state index < -0.39 is 60.1 Å². The van der Waals surface area contributed by atoms with Crippen molar-refractivity contribution in [3.8, 4) is 33.6 Å². The summed E-state index contributed by atoms with van der Waals surface area (Å²) >= 11 is 0. The molecule has 4 aromatic carbocycles. The molecule has 0 saturated heterocycles. The third-order valence-electron chi connectivity index (χ3n) is 7.89. The summed E-state index contributed by atoms with van der Waals surface area (Å²) in [5, 5.41) is 0.614. The van der Waals surface area contributed by atoms with Crippen LogP contribution in [0.5, 0.6) is 0 Å². The molecule has 0 amide bonds. The van der Waals surface area contributed by atoms with Gasteiger partial charge < -0.3 is 14.4 Å². The molecule has 0 atom stereocenters. The van der Waals surface area contributed by atoms with E-state index >= 15 is 0 Å². The molecule has 0 fully saturated rings. The Morgan fingerprint density at radius 3 is 2.23 bits per heavy atom. The van der Waals surface area contributed by atoms with E-state index in [2.05, 4.69) is 22.1 Å². The van der Waals surface area contributed by atoms with Gasteiger partial charge >= 0.3 is 0 Å². The zero-order valence-corrected chi connectivity index (χ0v) is 33.7. The maximum atomic E-state index is 8.71. The van der Waals surface area contributed by atoms with Crippen LogP contribution in [-0.4, -0.2) is 18.0 Å². The van der Waals surface area contributed by atoms with Crippen LogP contribution < -0.4 is 0 Å². The first kappa shape index (κ1) is 21.7. The number of hydrogen-bond acceptors (Lipinski definition) is 3. The first-order valence-corrected chi connectivity index (χ1v) is 20.2. The quantitative estimate of drug-likeness (QED) is 0.123. The van der Waals surface area contributed by atoms with Crippen LogP contribution >= 0.6 is 0 Å². The smallest absolute Gasteiger partial charge is 0.123 e. The zero-order valence-electron chi connectivity index (χ0n) is 49.3. The molecule has 0 aliphatic heterocycles. The van der Waals surface area contributed by atoms with Crippen molar-refractivity contribution < 1.29 is 50.6 Å². The Morgan fingerprint density at radius 1 is 0.717 bits per heavy atom. The van der Waals surface area contributed by atoms with Gasteiger partial charge in [-0.1, -0.05) is 106 Å². The number of benzene rings is 4. The van der Waals surface area contributed by atoms with E-state index in [0.717, 1.165) is 12.3 Å². The molecule has 0 bridgehead atoms. The van der Waals surface area contributed by atoms with Crippen molar-refractivity contribution in [2.75, 3.05) is 0 Å². The van der Waals surface area contributed by atoms with Gasteiger partial charge in [-0.05, 0) is 102 Å². The van der Waals surface area contributed by atoms with Crippen LogP contribution in [0.2, 0.25) is 19.6 Å². The maximum Gasteiger partial charge on any atom is 0.123 e. The second kappa shape index (κ2) is 16.1. The topological polar surface area (TPSA) is 38.9 Å². The molecule has 5 heteroatoms. The van der Waals surface area contributed by atoms with E-state index in [0.29, 0.717) is 22.2 Å². The van der Waals surface area contributed by atoms with Crippen LogP contribution in [0.25, 0.3) is 55.6 Å². The van der Waals surface area contributed by atoms with Gasteiger partial charge in [0.25, 0.3) is 0 Å². The summed E-state index contributed by atoms with van der Waals surface area (Å²) in [5.74, 6) is -1.37. The number of furan rings is 1. The summed E-state index contributed by atoms with van der Waals surface area (Å²) in [5.41, 5.74) is 0.808. The normalized spacial score (nSPS) is 18.7. The van der Waals surface area contributed by atoms with E-state index in [1.807, 2.05) is 19.6 Å². The summed E-state index contributed by atoms with van der Waals surface area (Å²) in [6, 6.07) is 25.1. The molecule has 275 valence electrons. The molecule has 3 nitrogen and oxygen atoms in total. The Morgan fingerprint density at radius 2 is 1.53 bits per heavy atom. The fourth-order valence-electron chi connectivity index (χ4n) is 5.81. The Hall–Kier alpha value is -4.15. The molecule has 0 aliphatic rings. The molecule has 7 aromatic rings. The van der Waals surface area contributed by atoms with Gasteiger partial charge in [0, 0.05) is 72.0 Å². The number of aromatic nitrogens is 2. The molecular weight excluding hydrogens is 841 g/mol. The first-order valence-electron chi connectivity index (χ1n) is 26.2. The van der Waals surface area contributed by atoms with Crippen molar-refractivity contribution in [3.05, 3.63) is 142 Å². The van der Waals surface area contributed by atoms with Crippen LogP contribution in [0.3, 0.4) is 0 Å². The molecule has 3 heterocycles. The van der Waals surface area contributed by atoms with E-state index in [1.165, 1.54) is 42.5 Å². The predicted octanol–water partition coefficient (Wildman–Crippen LogP) is 13.2. The standard InChI is InChI=1S/C32H32NO.C16H20NSi.Ir/c1-19-13-21(3)30-28(14-19)25-9-8-10-26(31(25)34-30)29-16-27(22(4)18-33-29)24-12-11-23(15-20(24)2)17-32(5,6)7;1-13-5-7-15(8-6-13)16-11-14(9-10-17-16)12-18(2,3)4;/h8-9,11-16,18H,17H2,1-7H3;5-7,9-11H,12H2,1-4H3;/q2*-1;/i1D3,2D3,3D3,4D3,17D2;1D3,12D2;. The molecule has 3 aromatic heterocycles. The van der Waals surface area contributed by atoms with Crippen molar-refractivity contribution in [1.29, 1.82) is 0 Å². The van der Waals surface area contributed by atoms with Crippen molar-refractivity contribution in [1.82, 2.24) is 9.97 Å². The summed E-state index contributed by atoms with van der Waals surface area (Å²) in [7, 11) is -2.06. The van der Waals surface area contributed by atoms with Crippen LogP contribution in [0.15, 0.2) is 95.7 Å². The van der Waals surface area contributed by atoms with Crippen molar-refractivity contribution >= 4 is 30.0 Å². The largest absolute Gasteiger partial charge is 0.500 e. The van der Waals surface area contributed by atoms with Gasteiger partial charge in [0.15, 0.2) is 0 Å². The molecular formula is C48H52IrN2OSi-2. The number of nitrogens with zero attached hydrogens (tertiary/aromatic N) is 2. The minimum atomic E-state index is -2.76. The van der Waals surface area contributed by atoms with Gasteiger partial charge in [0.2, 0.25) is 0 Å². The molecule has 53 heavy (non-hydrogen) atoms. The molecule has 0 N–H and O–H groups in total. The number of aryl methyl sites for hydroxylation is 5. The number of pyridine rings is 2. The molecule has 0 saturated carbocycles. The fourth-order valence-corrected chi connectivity index (χ4v) is 6.83. The van der Waals surface area contributed by atoms with Crippen molar-refractivity contribution in [2.24, 2.45) is 5.41 Å².